The standard InChI is InChI=1S/C30H34N10/c1-37-17-18-38(2)29(37)35-33-27-13-9-25(10-14-27)31-21-23-5-7-24(8-6-23)22-32-26-11-15-28(16-12-26)34-36-30-39(3)19-20-40(30)4/h5-20,29H,21-22H2,1-4H3,(H,31,35)/p+2. The van der Waals surface area contributed by atoms with Crippen molar-refractivity contribution in [2.75, 3.05) is 24.7 Å². The number of rotatable bonds is 10. The van der Waals surface area contributed by atoms with Gasteiger partial charge in [-0.15, -0.1) is 10.2 Å². The number of nitrogens with one attached hydrogen (secondary N) is 3. The van der Waals surface area contributed by atoms with Crippen LogP contribution < -0.4 is 20.1 Å². The number of aromatic nitrogens is 2. The van der Waals surface area contributed by atoms with E-state index in [4.69, 9.17) is 0 Å². The van der Waals surface area contributed by atoms with E-state index in [1.807, 2.05) is 97.4 Å². The van der Waals surface area contributed by atoms with Crippen LogP contribution in [0.2, 0.25) is 0 Å². The lowest BCUT2D eigenvalue weighted by Gasteiger charge is -2.16. The molecule has 40 heavy (non-hydrogen) atoms. The number of quaternary nitrogens is 1. The van der Waals surface area contributed by atoms with Crippen LogP contribution in [0.5, 0.6) is 0 Å². The van der Waals surface area contributed by atoms with Crippen molar-refractivity contribution in [1.82, 2.24) is 9.47 Å². The van der Waals surface area contributed by atoms with Gasteiger partial charge in [0, 0.05) is 36.6 Å². The number of imidazole rings is 1. The predicted octanol–water partition coefficient (Wildman–Crippen LogP) is 4.79. The minimum Gasteiger partial charge on any atom is -0.381 e. The third-order valence-corrected chi connectivity index (χ3v) is 6.80. The number of hydrogen-bond acceptors (Lipinski definition) is 7. The molecule has 0 radical (unpaired) electrons. The highest BCUT2D eigenvalue weighted by molar-refractivity contribution is 5.52. The molecule has 10 heteroatoms. The third-order valence-electron chi connectivity index (χ3n) is 6.80. The minimum absolute atomic E-state index is 0.0115. The maximum Gasteiger partial charge on any atom is 0.421 e. The van der Waals surface area contributed by atoms with Gasteiger partial charge < -0.3 is 15.5 Å². The summed E-state index contributed by atoms with van der Waals surface area (Å²) >= 11 is 0. The molecule has 0 fully saturated rings. The van der Waals surface area contributed by atoms with E-state index >= 15 is 0 Å². The first-order valence-corrected chi connectivity index (χ1v) is 13.3. The minimum atomic E-state index is -0.0115. The summed E-state index contributed by atoms with van der Waals surface area (Å²) in [5.41, 5.74) is 6.18. The highest BCUT2D eigenvalue weighted by Crippen LogP contribution is 2.20. The monoisotopic (exact) mass is 536 g/mol. The highest BCUT2D eigenvalue weighted by atomic mass is 15.5. The second-order valence-electron chi connectivity index (χ2n) is 9.95. The van der Waals surface area contributed by atoms with Crippen LogP contribution >= 0.6 is 0 Å². The fourth-order valence-corrected chi connectivity index (χ4v) is 4.32. The Morgan fingerprint density at radius 2 is 1.32 bits per heavy atom. The molecule has 5 rings (SSSR count). The second kappa shape index (κ2) is 12.4. The first kappa shape index (κ1) is 26.8. The Balaban J connectivity index is 1.07. The molecule has 3 aromatic carbocycles. The maximum absolute atomic E-state index is 4.46. The first-order chi connectivity index (χ1) is 19.4. The highest BCUT2D eigenvalue weighted by Gasteiger charge is 2.24. The normalized spacial score (nSPS) is 16.9. The van der Waals surface area contributed by atoms with E-state index in [1.165, 1.54) is 16.0 Å². The molecule has 0 saturated carbocycles. The van der Waals surface area contributed by atoms with Crippen molar-refractivity contribution in [3.8, 4) is 0 Å². The Hall–Kier alpha value is -4.83. The second-order valence-corrected chi connectivity index (χ2v) is 9.95. The van der Waals surface area contributed by atoms with E-state index in [0.29, 0.717) is 0 Å². The van der Waals surface area contributed by atoms with Gasteiger partial charge in [0.05, 0.1) is 45.4 Å². The predicted molar refractivity (Wildman–Crippen MR) is 157 cm³/mol. The Bertz CT molecular complexity index is 1450. The average Bonchev–Trinajstić information content (AvgIpc) is 3.48. The molecule has 1 aromatic heterocycles. The van der Waals surface area contributed by atoms with Crippen LogP contribution in [0, 0.1) is 0 Å². The fraction of sp³-hybridized carbons (Fsp3) is 0.233. The van der Waals surface area contributed by atoms with Crippen molar-refractivity contribution in [2.45, 2.75) is 19.4 Å². The van der Waals surface area contributed by atoms with E-state index < -0.39 is 0 Å². The van der Waals surface area contributed by atoms with Gasteiger partial charge in [0.1, 0.15) is 11.9 Å². The van der Waals surface area contributed by atoms with E-state index in [0.717, 1.165) is 41.8 Å². The summed E-state index contributed by atoms with van der Waals surface area (Å²) in [5.74, 6) is 0.788. The zero-order valence-electron chi connectivity index (χ0n) is 23.4. The van der Waals surface area contributed by atoms with Gasteiger partial charge in [0.2, 0.25) is 0 Å². The van der Waals surface area contributed by atoms with Crippen molar-refractivity contribution in [3.05, 3.63) is 109 Å². The van der Waals surface area contributed by atoms with Gasteiger partial charge in [-0.25, -0.2) is 9.13 Å². The van der Waals surface area contributed by atoms with Gasteiger partial charge in [-0.1, -0.05) is 29.4 Å². The van der Waals surface area contributed by atoms with Crippen LogP contribution in [-0.2, 0) is 27.2 Å². The Kier molecular flexibility index (Phi) is 8.26. The summed E-state index contributed by atoms with van der Waals surface area (Å²) in [5, 5.41) is 24.5. The fourth-order valence-electron chi connectivity index (χ4n) is 4.32. The zero-order valence-corrected chi connectivity index (χ0v) is 23.4. The number of benzene rings is 3. The zero-order chi connectivity index (χ0) is 27.9. The lowest BCUT2D eigenvalue weighted by molar-refractivity contribution is -0.856. The number of azo groups is 2. The molecule has 0 aliphatic carbocycles. The van der Waals surface area contributed by atoms with Gasteiger partial charge in [0.25, 0.3) is 6.29 Å². The number of hydrogen-bond donors (Lipinski definition) is 3. The quantitative estimate of drug-likeness (QED) is 0.201. The van der Waals surface area contributed by atoms with Crippen LogP contribution in [0.25, 0.3) is 0 Å². The molecule has 0 saturated heterocycles. The summed E-state index contributed by atoms with van der Waals surface area (Å²) in [6.07, 6.45) is 7.98. The van der Waals surface area contributed by atoms with E-state index in [1.54, 1.807) is 0 Å². The molecule has 2 atom stereocenters. The first-order valence-electron chi connectivity index (χ1n) is 13.3. The Morgan fingerprint density at radius 3 is 1.80 bits per heavy atom. The van der Waals surface area contributed by atoms with Crippen molar-refractivity contribution in [3.63, 3.8) is 0 Å². The van der Waals surface area contributed by atoms with Crippen molar-refractivity contribution in [1.29, 1.82) is 0 Å². The average molecular weight is 537 g/mol. The molecule has 0 amide bonds. The largest absolute Gasteiger partial charge is 0.421 e. The molecular weight excluding hydrogens is 500 g/mol. The summed E-state index contributed by atoms with van der Waals surface area (Å²) in [6, 6.07) is 24.6. The van der Waals surface area contributed by atoms with E-state index in [-0.39, 0.29) is 6.29 Å². The SMILES string of the molecule is CN1C=C[NH+](C)C1N=Nc1ccc(NCc2ccc(CNc3ccc(N=Nc4n(C)cc[n+]4C)cc3)cc2)cc1. The molecule has 1 aliphatic rings. The van der Waals surface area contributed by atoms with Crippen LogP contribution in [-0.4, -0.2) is 29.9 Å². The van der Waals surface area contributed by atoms with Gasteiger partial charge in [-0.2, -0.15) is 0 Å². The molecule has 2 unspecified atom stereocenters. The topological polar surface area (TPSA) is 90.0 Å². The van der Waals surface area contributed by atoms with Gasteiger partial charge >= 0.3 is 5.95 Å². The molecule has 204 valence electrons. The molecule has 3 N–H and O–H groups in total. The van der Waals surface area contributed by atoms with Gasteiger partial charge in [-0.3, -0.25) is 4.90 Å². The lowest BCUT2D eigenvalue weighted by atomic mass is 10.1. The van der Waals surface area contributed by atoms with Crippen LogP contribution in [0.1, 0.15) is 11.1 Å². The van der Waals surface area contributed by atoms with Gasteiger partial charge in [0.15, 0.2) is 0 Å². The summed E-state index contributed by atoms with van der Waals surface area (Å²) in [6.45, 7) is 1.49. The third kappa shape index (κ3) is 6.78. The van der Waals surface area contributed by atoms with E-state index in [2.05, 4.69) is 73.5 Å². The Morgan fingerprint density at radius 1 is 0.775 bits per heavy atom. The van der Waals surface area contributed by atoms with Gasteiger partial charge in [-0.05, 0) is 59.7 Å². The number of anilines is 2. The van der Waals surface area contributed by atoms with Crippen LogP contribution in [0.4, 0.5) is 28.7 Å². The number of aryl methyl sites for hydroxylation is 2. The molecule has 1 aliphatic heterocycles. The summed E-state index contributed by atoms with van der Waals surface area (Å²) in [4.78, 5) is 3.24. The lowest BCUT2D eigenvalue weighted by Crippen LogP contribution is -3.08. The molecule has 0 bridgehead atoms. The van der Waals surface area contributed by atoms with Crippen molar-refractivity contribution >= 4 is 28.7 Å². The number of nitrogens with zero attached hydrogens (tertiary/aromatic N) is 7. The molecule has 2 heterocycles. The van der Waals surface area contributed by atoms with E-state index in [9.17, 15) is 0 Å². The summed E-state index contributed by atoms with van der Waals surface area (Å²) in [7, 11) is 7.98. The summed E-state index contributed by atoms with van der Waals surface area (Å²) < 4.78 is 3.86. The molecule has 0 spiro atoms. The molecular formula is C30H36N10+2. The molecule has 10 nitrogen and oxygen atoms in total. The van der Waals surface area contributed by atoms with Crippen molar-refractivity contribution in [2.24, 2.45) is 34.6 Å². The molecule has 4 aromatic rings. The van der Waals surface area contributed by atoms with Crippen molar-refractivity contribution < 1.29 is 9.47 Å². The maximum atomic E-state index is 4.46. The van der Waals surface area contributed by atoms with Crippen LogP contribution in [0.3, 0.4) is 0 Å². The smallest absolute Gasteiger partial charge is 0.381 e. The Labute approximate surface area is 235 Å². The van der Waals surface area contributed by atoms with Crippen LogP contribution in [0.15, 0.2) is 118 Å².